The quantitative estimate of drug-likeness (QED) is 0.818. The van der Waals surface area contributed by atoms with E-state index < -0.39 is 5.97 Å². The van der Waals surface area contributed by atoms with Gasteiger partial charge in [0, 0.05) is 25.2 Å². The molecule has 1 aromatic carbocycles. The van der Waals surface area contributed by atoms with Crippen LogP contribution in [0.5, 0.6) is 0 Å². The Hall–Kier alpha value is -1.51. The van der Waals surface area contributed by atoms with Crippen molar-refractivity contribution in [2.75, 3.05) is 18.0 Å². The second-order valence-electron chi connectivity index (χ2n) is 6.40. The van der Waals surface area contributed by atoms with Gasteiger partial charge in [0.05, 0.1) is 0 Å². The number of aliphatic carboxylic acids is 1. The van der Waals surface area contributed by atoms with Gasteiger partial charge < -0.3 is 10.0 Å². The standard InChI is InChI=1S/C18H27NO2/c1-15-9-11-16(12-10-15)14-19(13-5-8-18(20)21)17-6-3-2-4-7-17/h2-4,6-7,15-16H,5,8-14H2,1H3,(H,20,21). The van der Waals surface area contributed by atoms with Crippen molar-refractivity contribution in [3.63, 3.8) is 0 Å². The second kappa shape index (κ2) is 8.06. The molecule has 3 heteroatoms. The van der Waals surface area contributed by atoms with Gasteiger partial charge in [0.15, 0.2) is 0 Å². The average molecular weight is 289 g/mol. The van der Waals surface area contributed by atoms with Crippen LogP contribution in [0.3, 0.4) is 0 Å². The maximum atomic E-state index is 10.7. The number of carboxylic acids is 1. The summed E-state index contributed by atoms with van der Waals surface area (Å²) in [4.78, 5) is 13.1. The van der Waals surface area contributed by atoms with E-state index >= 15 is 0 Å². The SMILES string of the molecule is CC1CCC(CN(CCCC(=O)O)c2ccccc2)CC1. The summed E-state index contributed by atoms with van der Waals surface area (Å²) in [5.41, 5.74) is 1.22. The summed E-state index contributed by atoms with van der Waals surface area (Å²) < 4.78 is 0. The van der Waals surface area contributed by atoms with Crippen molar-refractivity contribution in [2.24, 2.45) is 11.8 Å². The highest BCUT2D eigenvalue weighted by Gasteiger charge is 2.20. The summed E-state index contributed by atoms with van der Waals surface area (Å²) in [6.07, 6.45) is 6.26. The third-order valence-electron chi connectivity index (χ3n) is 4.55. The number of benzene rings is 1. The topological polar surface area (TPSA) is 40.5 Å². The lowest BCUT2D eigenvalue weighted by Crippen LogP contribution is -2.32. The molecule has 1 N–H and O–H groups in total. The Bertz CT molecular complexity index is 424. The number of hydrogen-bond acceptors (Lipinski definition) is 2. The van der Waals surface area contributed by atoms with Gasteiger partial charge in [-0.1, -0.05) is 38.0 Å². The number of para-hydroxylation sites is 1. The molecule has 0 atom stereocenters. The van der Waals surface area contributed by atoms with Crippen molar-refractivity contribution in [2.45, 2.75) is 45.4 Å². The van der Waals surface area contributed by atoms with Crippen LogP contribution in [0.1, 0.15) is 45.4 Å². The molecule has 21 heavy (non-hydrogen) atoms. The van der Waals surface area contributed by atoms with Gasteiger partial charge in [0.1, 0.15) is 0 Å². The van der Waals surface area contributed by atoms with Crippen LogP contribution in [0.15, 0.2) is 30.3 Å². The Balaban J connectivity index is 1.93. The molecular weight excluding hydrogens is 262 g/mol. The van der Waals surface area contributed by atoms with Crippen LogP contribution in [-0.4, -0.2) is 24.2 Å². The fraction of sp³-hybridized carbons (Fsp3) is 0.611. The van der Waals surface area contributed by atoms with Crippen LogP contribution in [0.2, 0.25) is 0 Å². The van der Waals surface area contributed by atoms with Gasteiger partial charge in [-0.15, -0.1) is 0 Å². The normalized spacial score (nSPS) is 22.0. The van der Waals surface area contributed by atoms with Crippen molar-refractivity contribution in [1.29, 1.82) is 0 Å². The molecule has 0 radical (unpaired) electrons. The van der Waals surface area contributed by atoms with E-state index in [1.165, 1.54) is 31.4 Å². The zero-order valence-electron chi connectivity index (χ0n) is 13.0. The highest BCUT2D eigenvalue weighted by atomic mass is 16.4. The van der Waals surface area contributed by atoms with Gasteiger partial charge in [-0.3, -0.25) is 4.79 Å². The van der Waals surface area contributed by atoms with Crippen LogP contribution in [0.25, 0.3) is 0 Å². The van der Waals surface area contributed by atoms with Crippen LogP contribution in [-0.2, 0) is 4.79 Å². The molecule has 3 nitrogen and oxygen atoms in total. The van der Waals surface area contributed by atoms with Crippen molar-refractivity contribution in [1.82, 2.24) is 0 Å². The predicted molar refractivity (Wildman–Crippen MR) is 86.6 cm³/mol. The highest BCUT2D eigenvalue weighted by molar-refractivity contribution is 5.66. The fourth-order valence-corrected chi connectivity index (χ4v) is 3.21. The molecule has 0 saturated heterocycles. The minimum absolute atomic E-state index is 0.255. The number of nitrogens with zero attached hydrogens (tertiary/aromatic N) is 1. The molecule has 0 aromatic heterocycles. The van der Waals surface area contributed by atoms with Gasteiger partial charge in [-0.2, -0.15) is 0 Å². The molecule has 0 aliphatic heterocycles. The number of carboxylic acid groups (broad SMARTS) is 1. The predicted octanol–water partition coefficient (Wildman–Crippen LogP) is 4.18. The van der Waals surface area contributed by atoms with Crippen LogP contribution < -0.4 is 4.90 Å². The van der Waals surface area contributed by atoms with Gasteiger partial charge >= 0.3 is 5.97 Å². The summed E-state index contributed by atoms with van der Waals surface area (Å²) >= 11 is 0. The molecule has 0 amide bonds. The lowest BCUT2D eigenvalue weighted by molar-refractivity contribution is -0.137. The molecule has 1 aliphatic rings. The van der Waals surface area contributed by atoms with E-state index in [4.69, 9.17) is 5.11 Å². The Morgan fingerprint density at radius 1 is 1.19 bits per heavy atom. The van der Waals surface area contributed by atoms with Crippen molar-refractivity contribution in [3.05, 3.63) is 30.3 Å². The summed E-state index contributed by atoms with van der Waals surface area (Å²) in [7, 11) is 0. The monoisotopic (exact) mass is 289 g/mol. The van der Waals surface area contributed by atoms with E-state index in [-0.39, 0.29) is 6.42 Å². The van der Waals surface area contributed by atoms with Crippen molar-refractivity contribution < 1.29 is 9.90 Å². The minimum atomic E-state index is -0.700. The molecule has 1 saturated carbocycles. The molecule has 2 rings (SSSR count). The number of hydrogen-bond donors (Lipinski definition) is 1. The molecule has 1 aliphatic carbocycles. The molecular formula is C18H27NO2. The van der Waals surface area contributed by atoms with Gasteiger partial charge in [-0.05, 0) is 43.2 Å². The number of carbonyl (C=O) groups is 1. The Morgan fingerprint density at radius 2 is 1.86 bits per heavy atom. The molecule has 116 valence electrons. The first-order chi connectivity index (χ1) is 10.1. The molecule has 1 aromatic rings. The smallest absolute Gasteiger partial charge is 0.303 e. The van der Waals surface area contributed by atoms with E-state index in [1.54, 1.807) is 0 Å². The average Bonchev–Trinajstić information content (AvgIpc) is 2.49. The lowest BCUT2D eigenvalue weighted by atomic mass is 9.82. The summed E-state index contributed by atoms with van der Waals surface area (Å²) in [5, 5.41) is 8.83. The Kier molecular flexibility index (Phi) is 6.09. The van der Waals surface area contributed by atoms with Crippen LogP contribution >= 0.6 is 0 Å². The van der Waals surface area contributed by atoms with E-state index in [0.717, 1.165) is 24.9 Å². The van der Waals surface area contributed by atoms with Crippen LogP contribution in [0, 0.1) is 11.8 Å². The van der Waals surface area contributed by atoms with E-state index in [1.807, 2.05) is 6.07 Å². The molecule has 0 heterocycles. The third-order valence-corrected chi connectivity index (χ3v) is 4.55. The van der Waals surface area contributed by atoms with E-state index in [9.17, 15) is 4.79 Å². The molecule has 0 spiro atoms. The van der Waals surface area contributed by atoms with Crippen LogP contribution in [0.4, 0.5) is 5.69 Å². The third kappa shape index (κ3) is 5.41. The summed E-state index contributed by atoms with van der Waals surface area (Å²) in [6, 6.07) is 10.4. The zero-order valence-corrected chi connectivity index (χ0v) is 13.0. The fourth-order valence-electron chi connectivity index (χ4n) is 3.21. The number of rotatable bonds is 7. The Morgan fingerprint density at radius 3 is 2.48 bits per heavy atom. The van der Waals surface area contributed by atoms with Crippen molar-refractivity contribution in [3.8, 4) is 0 Å². The first kappa shape index (κ1) is 15.9. The first-order valence-electron chi connectivity index (χ1n) is 8.17. The van der Waals surface area contributed by atoms with Crippen molar-refractivity contribution >= 4 is 11.7 Å². The number of anilines is 1. The van der Waals surface area contributed by atoms with Gasteiger partial charge in [0.25, 0.3) is 0 Å². The van der Waals surface area contributed by atoms with Gasteiger partial charge in [0.2, 0.25) is 0 Å². The summed E-state index contributed by atoms with van der Waals surface area (Å²) in [5.74, 6) is 0.930. The minimum Gasteiger partial charge on any atom is -0.481 e. The molecule has 1 fully saturated rings. The summed E-state index contributed by atoms with van der Waals surface area (Å²) in [6.45, 7) is 4.25. The second-order valence-corrected chi connectivity index (χ2v) is 6.40. The maximum Gasteiger partial charge on any atom is 0.303 e. The first-order valence-corrected chi connectivity index (χ1v) is 8.17. The highest BCUT2D eigenvalue weighted by Crippen LogP contribution is 2.30. The molecule has 0 unspecified atom stereocenters. The molecule has 0 bridgehead atoms. The van der Waals surface area contributed by atoms with E-state index in [2.05, 4.69) is 36.1 Å². The Labute approximate surface area is 128 Å². The van der Waals surface area contributed by atoms with E-state index in [0.29, 0.717) is 6.42 Å². The zero-order chi connectivity index (χ0) is 15.1. The largest absolute Gasteiger partial charge is 0.481 e. The maximum absolute atomic E-state index is 10.7. The van der Waals surface area contributed by atoms with Gasteiger partial charge in [-0.25, -0.2) is 0 Å². The lowest BCUT2D eigenvalue weighted by Gasteiger charge is -2.33.